The van der Waals surface area contributed by atoms with Gasteiger partial charge < -0.3 is 10.2 Å². The van der Waals surface area contributed by atoms with E-state index in [1.54, 1.807) is 12.1 Å². The third-order valence-corrected chi connectivity index (χ3v) is 3.63. The van der Waals surface area contributed by atoms with Crippen LogP contribution in [0.15, 0.2) is 24.3 Å². The van der Waals surface area contributed by atoms with Crippen LogP contribution in [0.3, 0.4) is 0 Å². The molecule has 1 atom stereocenters. The number of amides is 1. The van der Waals surface area contributed by atoms with Gasteiger partial charge in [-0.3, -0.25) is 4.79 Å². The highest BCUT2D eigenvalue weighted by Crippen LogP contribution is 2.27. The molecule has 1 amide bonds. The number of hydrogen-bond acceptors (Lipinski definition) is 2. The molecule has 0 saturated heterocycles. The van der Waals surface area contributed by atoms with E-state index in [2.05, 4.69) is 24.1 Å². The Morgan fingerprint density at radius 1 is 1.23 bits per heavy atom. The lowest BCUT2D eigenvalue weighted by atomic mass is 9.87. The molecule has 1 aromatic rings. The van der Waals surface area contributed by atoms with Crippen LogP contribution < -0.4 is 5.32 Å². The molecule has 4 heteroatoms. The van der Waals surface area contributed by atoms with Crippen LogP contribution in [0.4, 0.5) is 4.39 Å². The maximum absolute atomic E-state index is 13.1. The summed E-state index contributed by atoms with van der Waals surface area (Å²) in [5.41, 5.74) is 1.04. The van der Waals surface area contributed by atoms with Crippen molar-refractivity contribution in [2.45, 2.75) is 39.0 Å². The van der Waals surface area contributed by atoms with Crippen molar-refractivity contribution in [2.24, 2.45) is 5.92 Å². The van der Waals surface area contributed by atoms with Crippen molar-refractivity contribution in [3.63, 3.8) is 0 Å². The van der Waals surface area contributed by atoms with Gasteiger partial charge in [-0.2, -0.15) is 0 Å². The van der Waals surface area contributed by atoms with E-state index in [0.717, 1.165) is 24.9 Å². The fourth-order valence-corrected chi connectivity index (χ4v) is 2.56. The molecule has 1 N–H and O–H groups in total. The zero-order valence-electron chi connectivity index (χ0n) is 14.2. The first kappa shape index (κ1) is 18.6. The molecule has 0 fully saturated rings. The second-order valence-electron chi connectivity index (χ2n) is 6.59. The fraction of sp³-hybridized carbons (Fsp3) is 0.611. The molecule has 0 spiro atoms. The monoisotopic (exact) mass is 308 g/mol. The summed E-state index contributed by atoms with van der Waals surface area (Å²) in [6.07, 6.45) is 2.34. The van der Waals surface area contributed by atoms with Crippen molar-refractivity contribution in [2.75, 3.05) is 27.2 Å². The van der Waals surface area contributed by atoms with Crippen LogP contribution in [0.1, 0.15) is 44.6 Å². The van der Waals surface area contributed by atoms with Gasteiger partial charge in [0.05, 0.1) is 0 Å². The summed E-state index contributed by atoms with van der Waals surface area (Å²) in [5.74, 6) is 0.486. The minimum absolute atomic E-state index is 0.0775. The first-order valence-electron chi connectivity index (χ1n) is 8.05. The van der Waals surface area contributed by atoms with Crippen LogP contribution in [0.5, 0.6) is 0 Å². The predicted molar refractivity (Wildman–Crippen MR) is 89.4 cm³/mol. The van der Waals surface area contributed by atoms with Gasteiger partial charge >= 0.3 is 0 Å². The summed E-state index contributed by atoms with van der Waals surface area (Å²) in [5, 5.41) is 2.98. The Hall–Kier alpha value is -1.42. The van der Waals surface area contributed by atoms with Gasteiger partial charge in [-0.25, -0.2) is 4.39 Å². The van der Waals surface area contributed by atoms with Crippen LogP contribution >= 0.6 is 0 Å². The van der Waals surface area contributed by atoms with Crippen molar-refractivity contribution in [3.8, 4) is 0 Å². The molecule has 3 nitrogen and oxygen atoms in total. The molecular formula is C18H29FN2O. The third kappa shape index (κ3) is 7.55. The number of rotatable bonds is 9. The standard InChI is InChI=1S/C18H29FN2O/c1-14(2)12-16(15-6-8-17(19)9-7-15)13-18(22)20-10-5-11-21(3)4/h6-9,14,16H,5,10-13H2,1-4H3,(H,20,22). The average Bonchev–Trinajstić information content (AvgIpc) is 2.43. The molecule has 0 aromatic heterocycles. The third-order valence-electron chi connectivity index (χ3n) is 3.63. The molecule has 1 rings (SSSR count). The molecule has 124 valence electrons. The SMILES string of the molecule is CC(C)CC(CC(=O)NCCCN(C)C)c1ccc(F)cc1. The molecule has 0 heterocycles. The van der Waals surface area contributed by atoms with Crippen molar-refractivity contribution in [1.29, 1.82) is 0 Å². The van der Waals surface area contributed by atoms with E-state index in [0.29, 0.717) is 18.9 Å². The van der Waals surface area contributed by atoms with Gasteiger partial charge in [0.15, 0.2) is 0 Å². The first-order valence-corrected chi connectivity index (χ1v) is 8.05. The zero-order chi connectivity index (χ0) is 16.5. The topological polar surface area (TPSA) is 32.3 Å². The number of carbonyl (C=O) groups is 1. The smallest absolute Gasteiger partial charge is 0.220 e. The van der Waals surface area contributed by atoms with Crippen molar-refractivity contribution in [3.05, 3.63) is 35.6 Å². The minimum atomic E-state index is -0.236. The number of halogens is 1. The van der Waals surface area contributed by atoms with Crippen LogP contribution in [0.25, 0.3) is 0 Å². The zero-order valence-corrected chi connectivity index (χ0v) is 14.2. The number of benzene rings is 1. The summed E-state index contributed by atoms with van der Waals surface area (Å²) in [6, 6.07) is 6.53. The van der Waals surface area contributed by atoms with Gasteiger partial charge in [-0.1, -0.05) is 26.0 Å². The van der Waals surface area contributed by atoms with Crippen LogP contribution in [-0.4, -0.2) is 38.0 Å². The number of nitrogens with zero attached hydrogens (tertiary/aromatic N) is 1. The average molecular weight is 308 g/mol. The normalized spacial score (nSPS) is 12.7. The predicted octanol–water partition coefficient (Wildman–Crippen LogP) is 3.41. The summed E-state index contributed by atoms with van der Waals surface area (Å²) in [7, 11) is 4.05. The molecule has 0 saturated carbocycles. The molecule has 0 bridgehead atoms. The summed E-state index contributed by atoms with van der Waals surface area (Å²) in [6.45, 7) is 5.96. The van der Waals surface area contributed by atoms with Crippen molar-refractivity contribution < 1.29 is 9.18 Å². The Bertz CT molecular complexity index is 443. The van der Waals surface area contributed by atoms with E-state index in [4.69, 9.17) is 0 Å². The highest BCUT2D eigenvalue weighted by atomic mass is 19.1. The lowest BCUT2D eigenvalue weighted by Gasteiger charge is -2.19. The summed E-state index contributed by atoms with van der Waals surface area (Å²) < 4.78 is 13.1. The molecule has 22 heavy (non-hydrogen) atoms. The van der Waals surface area contributed by atoms with Crippen molar-refractivity contribution in [1.82, 2.24) is 10.2 Å². The molecule has 0 aliphatic carbocycles. The first-order chi connectivity index (χ1) is 10.4. The Kier molecular flexibility index (Phi) is 8.10. The van der Waals surface area contributed by atoms with Gasteiger partial charge in [0.1, 0.15) is 5.82 Å². The van der Waals surface area contributed by atoms with E-state index in [9.17, 15) is 9.18 Å². The summed E-state index contributed by atoms with van der Waals surface area (Å²) in [4.78, 5) is 14.2. The lowest BCUT2D eigenvalue weighted by molar-refractivity contribution is -0.121. The molecule has 0 aliphatic heterocycles. The van der Waals surface area contributed by atoms with Gasteiger partial charge in [-0.05, 0) is 63.0 Å². The number of carbonyl (C=O) groups excluding carboxylic acids is 1. The Labute approximate surface area is 133 Å². The van der Waals surface area contributed by atoms with Gasteiger partial charge in [-0.15, -0.1) is 0 Å². The van der Waals surface area contributed by atoms with Gasteiger partial charge in [0, 0.05) is 13.0 Å². The highest BCUT2D eigenvalue weighted by Gasteiger charge is 2.17. The molecule has 0 aliphatic rings. The Balaban J connectivity index is 2.54. The van der Waals surface area contributed by atoms with Crippen LogP contribution in [0, 0.1) is 11.7 Å². The van der Waals surface area contributed by atoms with Crippen molar-refractivity contribution >= 4 is 5.91 Å². The highest BCUT2D eigenvalue weighted by molar-refractivity contribution is 5.76. The minimum Gasteiger partial charge on any atom is -0.356 e. The van der Waals surface area contributed by atoms with E-state index in [-0.39, 0.29) is 17.6 Å². The van der Waals surface area contributed by atoms with Gasteiger partial charge in [0.25, 0.3) is 0 Å². The fourth-order valence-electron chi connectivity index (χ4n) is 2.56. The number of hydrogen-bond donors (Lipinski definition) is 1. The largest absolute Gasteiger partial charge is 0.356 e. The van der Waals surface area contributed by atoms with E-state index < -0.39 is 0 Å². The van der Waals surface area contributed by atoms with Crippen LogP contribution in [-0.2, 0) is 4.79 Å². The van der Waals surface area contributed by atoms with E-state index in [1.807, 2.05) is 14.1 Å². The molecular weight excluding hydrogens is 279 g/mol. The Morgan fingerprint density at radius 2 is 1.86 bits per heavy atom. The van der Waals surface area contributed by atoms with E-state index in [1.165, 1.54) is 12.1 Å². The molecule has 1 aromatic carbocycles. The Morgan fingerprint density at radius 3 is 2.41 bits per heavy atom. The summed E-state index contributed by atoms with van der Waals surface area (Å²) >= 11 is 0. The quantitative estimate of drug-likeness (QED) is 0.709. The maximum atomic E-state index is 13.1. The maximum Gasteiger partial charge on any atom is 0.220 e. The van der Waals surface area contributed by atoms with Gasteiger partial charge in [0.2, 0.25) is 5.91 Å². The molecule has 1 unspecified atom stereocenters. The van der Waals surface area contributed by atoms with Crippen LogP contribution in [0.2, 0.25) is 0 Å². The molecule has 0 radical (unpaired) electrons. The van der Waals surface area contributed by atoms with E-state index >= 15 is 0 Å². The second kappa shape index (κ2) is 9.57. The second-order valence-corrected chi connectivity index (χ2v) is 6.59. The number of nitrogens with one attached hydrogen (secondary N) is 1. The lowest BCUT2D eigenvalue weighted by Crippen LogP contribution is -2.28.